The van der Waals surface area contributed by atoms with Gasteiger partial charge in [0.1, 0.15) is 0 Å². The molecule has 2 fully saturated rings. The maximum absolute atomic E-state index is 12.7. The quantitative estimate of drug-likeness (QED) is 0.821. The summed E-state index contributed by atoms with van der Waals surface area (Å²) >= 11 is 5.98. The molecule has 0 aliphatic carbocycles. The van der Waals surface area contributed by atoms with E-state index in [9.17, 15) is 9.59 Å². The van der Waals surface area contributed by atoms with Crippen molar-refractivity contribution in [3.8, 4) is 0 Å². The first kappa shape index (κ1) is 17.2. The van der Waals surface area contributed by atoms with E-state index in [1.54, 1.807) is 24.3 Å². The molecule has 0 spiro atoms. The lowest BCUT2D eigenvalue weighted by molar-refractivity contribution is -0.135. The molecule has 0 N–H and O–H groups in total. The lowest BCUT2D eigenvalue weighted by Crippen LogP contribution is -2.46. The number of carbonyl (C=O) groups excluding carboxylic acids is 2. The van der Waals surface area contributed by atoms with E-state index < -0.39 is 0 Å². The third-order valence-corrected chi connectivity index (χ3v) is 5.21. The predicted molar refractivity (Wildman–Crippen MR) is 94.2 cm³/mol. The van der Waals surface area contributed by atoms with Crippen molar-refractivity contribution in [2.24, 2.45) is 0 Å². The van der Waals surface area contributed by atoms with Crippen molar-refractivity contribution < 1.29 is 9.59 Å². The minimum Gasteiger partial charge on any atom is -0.339 e. The molecule has 6 heteroatoms. The summed E-state index contributed by atoms with van der Waals surface area (Å²) < 4.78 is 0. The summed E-state index contributed by atoms with van der Waals surface area (Å²) in [7, 11) is 2.02. The van der Waals surface area contributed by atoms with E-state index >= 15 is 0 Å². The van der Waals surface area contributed by atoms with E-state index in [-0.39, 0.29) is 17.9 Å². The number of halogens is 1. The van der Waals surface area contributed by atoms with Gasteiger partial charge in [0, 0.05) is 36.8 Å². The Labute approximate surface area is 148 Å². The van der Waals surface area contributed by atoms with Crippen LogP contribution in [0.25, 0.3) is 0 Å². The molecule has 2 heterocycles. The zero-order chi connectivity index (χ0) is 17.1. The van der Waals surface area contributed by atoms with Gasteiger partial charge >= 0.3 is 0 Å². The number of hydrogen-bond acceptors (Lipinski definition) is 3. The van der Waals surface area contributed by atoms with Crippen LogP contribution in [0.2, 0.25) is 5.02 Å². The van der Waals surface area contributed by atoms with Gasteiger partial charge in [-0.2, -0.15) is 0 Å². The monoisotopic (exact) mass is 349 g/mol. The highest BCUT2D eigenvalue weighted by Gasteiger charge is 2.32. The topological polar surface area (TPSA) is 43.9 Å². The number of nitrogens with zero attached hydrogens (tertiary/aromatic N) is 3. The standard InChI is InChI=1S/C18H24ClN3O2/c1-20-8-3-7-16(20)18(24)22-10-4-9-21(11-12-22)17(23)14-5-2-6-15(19)13-14/h2,5-6,13,16H,3-4,7-12H2,1H3/t16-/m0/s1. The fourth-order valence-electron chi connectivity index (χ4n) is 3.58. The molecule has 5 nitrogen and oxygen atoms in total. The van der Waals surface area contributed by atoms with Gasteiger partial charge in [-0.3, -0.25) is 14.5 Å². The van der Waals surface area contributed by atoms with Crippen LogP contribution in [0.1, 0.15) is 29.6 Å². The van der Waals surface area contributed by atoms with Crippen molar-refractivity contribution in [1.82, 2.24) is 14.7 Å². The first-order chi connectivity index (χ1) is 11.6. The van der Waals surface area contributed by atoms with Crippen LogP contribution < -0.4 is 0 Å². The minimum atomic E-state index is -0.00946. The summed E-state index contributed by atoms with van der Waals surface area (Å²) in [5.41, 5.74) is 0.609. The maximum atomic E-state index is 12.7. The zero-order valence-corrected chi connectivity index (χ0v) is 14.8. The molecule has 1 atom stereocenters. The van der Waals surface area contributed by atoms with Crippen molar-refractivity contribution in [3.63, 3.8) is 0 Å². The molecule has 2 amide bonds. The van der Waals surface area contributed by atoms with Crippen molar-refractivity contribution in [2.45, 2.75) is 25.3 Å². The lowest BCUT2D eigenvalue weighted by atomic mass is 10.2. The molecule has 0 bridgehead atoms. The first-order valence-corrected chi connectivity index (χ1v) is 8.98. The van der Waals surface area contributed by atoms with Crippen LogP contribution in [0.3, 0.4) is 0 Å². The summed E-state index contributed by atoms with van der Waals surface area (Å²) in [5.74, 6) is 0.205. The van der Waals surface area contributed by atoms with E-state index in [4.69, 9.17) is 11.6 Å². The summed E-state index contributed by atoms with van der Waals surface area (Å²) in [4.78, 5) is 31.3. The van der Waals surface area contributed by atoms with E-state index in [0.29, 0.717) is 30.2 Å². The van der Waals surface area contributed by atoms with Gasteiger partial charge < -0.3 is 9.80 Å². The van der Waals surface area contributed by atoms with Crippen molar-refractivity contribution in [1.29, 1.82) is 0 Å². The van der Waals surface area contributed by atoms with Gasteiger partial charge in [-0.1, -0.05) is 17.7 Å². The molecule has 24 heavy (non-hydrogen) atoms. The Bertz CT molecular complexity index is 622. The lowest BCUT2D eigenvalue weighted by Gasteiger charge is -2.27. The summed E-state index contributed by atoms with van der Waals surface area (Å²) in [6.45, 7) is 3.57. The number of amides is 2. The van der Waals surface area contributed by atoms with Gasteiger partial charge in [-0.15, -0.1) is 0 Å². The van der Waals surface area contributed by atoms with Gasteiger partial charge in [0.05, 0.1) is 6.04 Å². The van der Waals surface area contributed by atoms with E-state index in [0.717, 1.165) is 32.4 Å². The number of carbonyl (C=O) groups is 2. The van der Waals surface area contributed by atoms with Gasteiger partial charge in [0.15, 0.2) is 0 Å². The zero-order valence-electron chi connectivity index (χ0n) is 14.1. The fourth-order valence-corrected chi connectivity index (χ4v) is 3.77. The number of rotatable bonds is 2. The largest absolute Gasteiger partial charge is 0.339 e. The minimum absolute atomic E-state index is 0.00946. The average Bonchev–Trinajstić information content (AvgIpc) is 2.85. The molecule has 1 aromatic carbocycles. The molecule has 0 saturated carbocycles. The molecular weight excluding hydrogens is 326 g/mol. The van der Waals surface area contributed by atoms with Crippen LogP contribution in [0.4, 0.5) is 0 Å². The highest BCUT2D eigenvalue weighted by Crippen LogP contribution is 2.19. The number of benzene rings is 1. The Morgan fingerprint density at radius 1 is 1.04 bits per heavy atom. The van der Waals surface area contributed by atoms with Crippen molar-refractivity contribution in [3.05, 3.63) is 34.9 Å². The molecule has 0 radical (unpaired) electrons. The molecule has 130 valence electrons. The van der Waals surface area contributed by atoms with Crippen LogP contribution in [-0.4, -0.2) is 72.3 Å². The van der Waals surface area contributed by atoms with Gasteiger partial charge in [-0.25, -0.2) is 0 Å². The van der Waals surface area contributed by atoms with Crippen molar-refractivity contribution >= 4 is 23.4 Å². The summed E-state index contributed by atoms with van der Waals surface area (Å²) in [5, 5.41) is 0.566. The molecular formula is C18H24ClN3O2. The fraction of sp³-hybridized carbons (Fsp3) is 0.556. The van der Waals surface area contributed by atoms with Gasteiger partial charge in [0.2, 0.25) is 5.91 Å². The van der Waals surface area contributed by atoms with E-state index in [1.807, 2.05) is 16.8 Å². The molecule has 1 aromatic rings. The number of hydrogen-bond donors (Lipinski definition) is 0. The SMILES string of the molecule is CN1CCC[C@H]1C(=O)N1CCCN(C(=O)c2cccc(Cl)c2)CC1. The second-order valence-electron chi connectivity index (χ2n) is 6.62. The van der Waals surface area contributed by atoms with Crippen LogP contribution >= 0.6 is 11.6 Å². The second kappa shape index (κ2) is 7.53. The van der Waals surface area contributed by atoms with Crippen LogP contribution in [0.15, 0.2) is 24.3 Å². The van der Waals surface area contributed by atoms with Crippen LogP contribution in [0, 0.1) is 0 Å². The Morgan fingerprint density at radius 2 is 1.79 bits per heavy atom. The van der Waals surface area contributed by atoms with Crippen molar-refractivity contribution in [2.75, 3.05) is 39.8 Å². The van der Waals surface area contributed by atoms with E-state index in [1.165, 1.54) is 0 Å². The highest BCUT2D eigenvalue weighted by molar-refractivity contribution is 6.30. The molecule has 3 rings (SSSR count). The normalized spacial score (nSPS) is 22.5. The Balaban J connectivity index is 1.62. The highest BCUT2D eigenvalue weighted by atomic mass is 35.5. The summed E-state index contributed by atoms with van der Waals surface area (Å²) in [6, 6.07) is 7.05. The molecule has 0 aromatic heterocycles. The number of likely N-dealkylation sites (tertiary alicyclic amines) is 1. The maximum Gasteiger partial charge on any atom is 0.253 e. The third-order valence-electron chi connectivity index (χ3n) is 4.97. The Kier molecular flexibility index (Phi) is 5.41. The summed E-state index contributed by atoms with van der Waals surface area (Å²) in [6.07, 6.45) is 2.84. The Hall–Kier alpha value is -1.59. The first-order valence-electron chi connectivity index (χ1n) is 8.60. The molecule has 0 unspecified atom stereocenters. The second-order valence-corrected chi connectivity index (χ2v) is 7.06. The van der Waals surface area contributed by atoms with Crippen LogP contribution in [-0.2, 0) is 4.79 Å². The van der Waals surface area contributed by atoms with Gasteiger partial charge in [0.25, 0.3) is 5.91 Å². The smallest absolute Gasteiger partial charge is 0.253 e. The molecule has 2 aliphatic rings. The Morgan fingerprint density at radius 3 is 2.50 bits per heavy atom. The van der Waals surface area contributed by atoms with Crippen LogP contribution in [0.5, 0.6) is 0 Å². The molecule has 2 saturated heterocycles. The number of likely N-dealkylation sites (N-methyl/N-ethyl adjacent to an activating group) is 1. The third kappa shape index (κ3) is 3.73. The predicted octanol–water partition coefficient (Wildman–Crippen LogP) is 2.11. The average molecular weight is 350 g/mol. The molecule has 2 aliphatic heterocycles. The van der Waals surface area contributed by atoms with E-state index in [2.05, 4.69) is 4.90 Å². The van der Waals surface area contributed by atoms with Gasteiger partial charge in [-0.05, 0) is 51.1 Å².